The van der Waals surface area contributed by atoms with Gasteiger partial charge in [-0.2, -0.15) is 5.10 Å². The molecule has 1 fully saturated rings. The summed E-state index contributed by atoms with van der Waals surface area (Å²) in [6.07, 6.45) is 3.74. The second-order valence-electron chi connectivity index (χ2n) is 8.27. The summed E-state index contributed by atoms with van der Waals surface area (Å²) in [5.74, 6) is 0.187. The van der Waals surface area contributed by atoms with Crippen LogP contribution in [0.4, 0.5) is 0 Å². The number of aromatic nitrogens is 2. The van der Waals surface area contributed by atoms with Crippen LogP contribution in [-0.2, 0) is 11.2 Å². The van der Waals surface area contributed by atoms with Crippen molar-refractivity contribution in [2.24, 2.45) is 0 Å². The molecule has 0 radical (unpaired) electrons. The maximum absolute atomic E-state index is 13.4. The van der Waals surface area contributed by atoms with Crippen LogP contribution in [0.3, 0.4) is 0 Å². The van der Waals surface area contributed by atoms with Gasteiger partial charge in [0.05, 0.1) is 23.5 Å². The number of piperidine rings is 1. The lowest BCUT2D eigenvalue weighted by Crippen LogP contribution is -2.36. The van der Waals surface area contributed by atoms with Crippen LogP contribution in [0, 0.1) is 0 Å². The lowest BCUT2D eigenvalue weighted by atomic mass is 9.98. The first-order chi connectivity index (χ1) is 15.8. The Morgan fingerprint density at radius 3 is 1.91 bits per heavy atom. The summed E-state index contributed by atoms with van der Waals surface area (Å²) < 4.78 is 2.00. The highest BCUT2D eigenvalue weighted by molar-refractivity contribution is 5.86. The zero-order valence-corrected chi connectivity index (χ0v) is 18.2. The van der Waals surface area contributed by atoms with Gasteiger partial charge in [0.1, 0.15) is 0 Å². The number of carbonyl (C=O) groups excluding carboxylic acids is 1. The van der Waals surface area contributed by atoms with E-state index < -0.39 is 0 Å². The van der Waals surface area contributed by atoms with Gasteiger partial charge in [-0.25, -0.2) is 4.68 Å². The minimum Gasteiger partial charge on any atom is -0.342 e. The number of hydrogen-bond donors (Lipinski definition) is 0. The van der Waals surface area contributed by atoms with Crippen molar-refractivity contribution in [1.82, 2.24) is 14.7 Å². The Bertz CT molecular complexity index is 1180. The van der Waals surface area contributed by atoms with Crippen LogP contribution >= 0.6 is 0 Å². The Hall–Kier alpha value is -3.66. The predicted molar refractivity (Wildman–Crippen MR) is 129 cm³/mol. The highest BCUT2D eigenvalue weighted by atomic mass is 16.2. The highest BCUT2D eigenvalue weighted by Crippen LogP contribution is 2.35. The molecule has 0 N–H and O–H groups in total. The molecular formula is C28H27N3O. The van der Waals surface area contributed by atoms with E-state index in [9.17, 15) is 4.79 Å². The van der Waals surface area contributed by atoms with Gasteiger partial charge in [0.25, 0.3) is 0 Å². The van der Waals surface area contributed by atoms with Gasteiger partial charge in [-0.05, 0) is 31.4 Å². The summed E-state index contributed by atoms with van der Waals surface area (Å²) >= 11 is 0. The molecule has 3 aromatic carbocycles. The number of nitrogens with zero attached hydrogens (tertiary/aromatic N) is 3. The first-order valence-electron chi connectivity index (χ1n) is 11.4. The second kappa shape index (κ2) is 9.23. The number of rotatable bonds is 5. The first-order valence-corrected chi connectivity index (χ1v) is 11.4. The van der Waals surface area contributed by atoms with Gasteiger partial charge in [0.2, 0.25) is 5.91 Å². The van der Waals surface area contributed by atoms with Gasteiger partial charge in [-0.3, -0.25) is 4.79 Å². The molecule has 1 aromatic heterocycles. The van der Waals surface area contributed by atoms with Crippen molar-refractivity contribution < 1.29 is 4.79 Å². The third-order valence-electron chi connectivity index (χ3n) is 6.12. The van der Waals surface area contributed by atoms with E-state index in [1.807, 2.05) is 64.2 Å². The molecule has 160 valence electrons. The summed E-state index contributed by atoms with van der Waals surface area (Å²) in [6, 6.07) is 30.7. The lowest BCUT2D eigenvalue weighted by molar-refractivity contribution is -0.131. The van der Waals surface area contributed by atoms with Gasteiger partial charge in [-0.1, -0.05) is 78.9 Å². The van der Waals surface area contributed by atoms with E-state index in [-0.39, 0.29) is 5.91 Å². The zero-order valence-electron chi connectivity index (χ0n) is 18.2. The van der Waals surface area contributed by atoms with Crippen LogP contribution < -0.4 is 0 Å². The molecular weight excluding hydrogens is 394 g/mol. The number of amides is 1. The van der Waals surface area contributed by atoms with Gasteiger partial charge in [0.15, 0.2) is 0 Å². The van der Waals surface area contributed by atoms with Gasteiger partial charge < -0.3 is 4.90 Å². The van der Waals surface area contributed by atoms with E-state index in [0.717, 1.165) is 59.7 Å². The summed E-state index contributed by atoms with van der Waals surface area (Å²) in [5, 5.41) is 5.07. The molecule has 4 nitrogen and oxygen atoms in total. The molecule has 5 rings (SSSR count). The van der Waals surface area contributed by atoms with E-state index in [1.54, 1.807) is 0 Å². The number of likely N-dealkylation sites (tertiary alicyclic amines) is 1. The molecule has 0 saturated carbocycles. The standard InChI is InChI=1S/C28H27N3O/c32-26(30-19-11-4-12-20-30)21-25-27(22-13-5-1-6-14-22)29-31(24-17-9-3-10-18-24)28(25)23-15-7-2-8-16-23/h1-3,5-10,13-18H,4,11-12,19-21H2. The highest BCUT2D eigenvalue weighted by Gasteiger charge is 2.26. The number of hydrogen-bond acceptors (Lipinski definition) is 2. The number of carbonyl (C=O) groups is 1. The monoisotopic (exact) mass is 421 g/mol. The SMILES string of the molecule is O=C(Cc1c(-c2ccccc2)nn(-c2ccccc2)c1-c1ccccc1)N1CCCCC1. The van der Waals surface area contributed by atoms with E-state index in [2.05, 4.69) is 36.4 Å². The van der Waals surface area contributed by atoms with Crippen molar-refractivity contribution in [2.45, 2.75) is 25.7 Å². The topological polar surface area (TPSA) is 38.1 Å². The molecule has 1 aliphatic heterocycles. The van der Waals surface area contributed by atoms with E-state index in [0.29, 0.717) is 6.42 Å². The number of para-hydroxylation sites is 1. The largest absolute Gasteiger partial charge is 0.342 e. The second-order valence-corrected chi connectivity index (χ2v) is 8.27. The van der Waals surface area contributed by atoms with E-state index in [4.69, 9.17) is 5.10 Å². The van der Waals surface area contributed by atoms with E-state index >= 15 is 0 Å². The molecule has 1 aliphatic rings. The molecule has 4 aromatic rings. The van der Waals surface area contributed by atoms with Crippen molar-refractivity contribution in [3.05, 3.63) is 96.6 Å². The Kier molecular flexibility index (Phi) is 5.84. The maximum Gasteiger partial charge on any atom is 0.227 e. The summed E-state index contributed by atoms with van der Waals surface area (Å²) in [5.41, 5.74) is 5.93. The Labute approximate surface area is 189 Å². The lowest BCUT2D eigenvalue weighted by Gasteiger charge is -2.27. The first kappa shape index (κ1) is 20.3. The fourth-order valence-corrected chi connectivity index (χ4v) is 4.50. The van der Waals surface area contributed by atoms with Crippen molar-refractivity contribution in [3.63, 3.8) is 0 Å². The zero-order chi connectivity index (χ0) is 21.8. The molecule has 0 spiro atoms. The van der Waals surface area contributed by atoms with Crippen LogP contribution in [0.2, 0.25) is 0 Å². The van der Waals surface area contributed by atoms with Gasteiger partial charge in [0, 0.05) is 29.8 Å². The Morgan fingerprint density at radius 1 is 0.719 bits per heavy atom. The molecule has 4 heteroatoms. The minimum absolute atomic E-state index is 0.187. The predicted octanol–water partition coefficient (Wildman–Crippen LogP) is 5.76. The molecule has 0 bridgehead atoms. The summed E-state index contributed by atoms with van der Waals surface area (Å²) in [4.78, 5) is 15.4. The smallest absolute Gasteiger partial charge is 0.227 e. The summed E-state index contributed by atoms with van der Waals surface area (Å²) in [7, 11) is 0. The summed E-state index contributed by atoms with van der Waals surface area (Å²) in [6.45, 7) is 1.71. The van der Waals surface area contributed by atoms with Crippen LogP contribution in [0.25, 0.3) is 28.2 Å². The molecule has 1 saturated heterocycles. The van der Waals surface area contributed by atoms with Crippen molar-refractivity contribution in [1.29, 1.82) is 0 Å². The Morgan fingerprint density at radius 2 is 1.28 bits per heavy atom. The average Bonchev–Trinajstić information content (AvgIpc) is 3.25. The number of benzene rings is 3. The fourth-order valence-electron chi connectivity index (χ4n) is 4.50. The van der Waals surface area contributed by atoms with Gasteiger partial charge in [-0.15, -0.1) is 0 Å². The third-order valence-corrected chi connectivity index (χ3v) is 6.12. The van der Waals surface area contributed by atoms with Crippen molar-refractivity contribution in [2.75, 3.05) is 13.1 Å². The third kappa shape index (κ3) is 4.09. The van der Waals surface area contributed by atoms with Crippen LogP contribution in [0.5, 0.6) is 0 Å². The molecule has 1 amide bonds. The van der Waals surface area contributed by atoms with Crippen LogP contribution in [0.15, 0.2) is 91.0 Å². The van der Waals surface area contributed by atoms with Crippen molar-refractivity contribution >= 4 is 5.91 Å². The van der Waals surface area contributed by atoms with Crippen LogP contribution in [-0.4, -0.2) is 33.7 Å². The minimum atomic E-state index is 0.187. The Balaban J connectivity index is 1.69. The van der Waals surface area contributed by atoms with Crippen LogP contribution in [0.1, 0.15) is 24.8 Å². The normalized spacial score (nSPS) is 13.8. The van der Waals surface area contributed by atoms with E-state index in [1.165, 1.54) is 6.42 Å². The fraction of sp³-hybridized carbons (Fsp3) is 0.214. The quantitative estimate of drug-likeness (QED) is 0.411. The molecule has 0 unspecified atom stereocenters. The van der Waals surface area contributed by atoms with Gasteiger partial charge >= 0.3 is 0 Å². The molecule has 2 heterocycles. The molecule has 0 aliphatic carbocycles. The molecule has 32 heavy (non-hydrogen) atoms. The maximum atomic E-state index is 13.4. The molecule has 0 atom stereocenters. The average molecular weight is 422 g/mol. The van der Waals surface area contributed by atoms with Crippen molar-refractivity contribution in [3.8, 4) is 28.2 Å².